The lowest BCUT2D eigenvalue weighted by Crippen LogP contribution is -2.49. The monoisotopic (exact) mass is 893 g/mol. The molecular formula is C27H168FN5O2. The zero-order valence-corrected chi connectivity index (χ0v) is 20.2. The molecule has 5 rings (SSSR count). The Balaban J connectivity index is -0.0000000115. The van der Waals surface area contributed by atoms with Gasteiger partial charge in [-0.3, -0.25) is 4.79 Å². The minimum absolute atomic E-state index is 0. The molecule has 1 aromatic heterocycles. The van der Waals surface area contributed by atoms with Crippen LogP contribution in [0.5, 0.6) is 0 Å². The summed E-state index contributed by atoms with van der Waals surface area (Å²) < 4.78 is 705. The van der Waals surface area contributed by atoms with E-state index >= 15 is 4.39 Å². The van der Waals surface area contributed by atoms with Crippen LogP contribution in [-0.2, 0) is 21.4 Å². The molecule has 8 heteroatoms. The van der Waals surface area contributed by atoms with Gasteiger partial charge >= 0.3 is 0 Å². The Labute approximate surface area is 418 Å². The lowest BCUT2D eigenvalue weighted by atomic mass is 9.58. The maximum atomic E-state index is 15.0. The first-order valence-electron chi connectivity index (χ1n) is 81.1. The molecule has 0 unspecified atom stereocenters. The SMILES string of the molecule is [3HH].[3H][3H].[3H][3H].[3H][3H].[3H][3H].[3H][3H].[3H][3H].[3H][3H].[3H][3H].[3H][3H].[3H][3H].[3H][3H].[3H][3H].[3H][3H].[3H][3H].[3H][3H].[3H][3H].[3H][3H].[3H][3H].[3H][3H].[3H][3H].[3H][3H].[3H][3H].[3H][3H].[3H][3H].[3H][3H].[3H][3H].[3H][3H].[3H][3H].[3H][3H].[3H][3H].[3H][3H].[3H][3H].[3H][3H].[3H][3H].[3H][3H].[3H][3H].[3H][3H].[3H][3H].[3H][3H].[3H][3H].[3H][3H].[3H][3H].[3H][3H].[3H][3H].[3H][3H].[3H][3H].[3H][3H].[3H][3H].[3H][3H].[3H][3H].[3H][3H].[3H][3H].[3H][3H].[3H][3H].[3H][3H].[3H][3H].[3H][3H].[3H][3H].[3H][3H].[3H][3H].[3H][3H].[3H][3H].[3H][3H].[3H][3H].[3H][3H].[3H][3H].[3H][3H].[3H][3H].[3H][3H].[C-]#[N+]C1=C[C@@]2(C)c3nc(N4CCN(C(C)=O)CC4)nc(-c4ccccc4F)c3CC[C@@H]2[C@@H](C)C1=O. The van der Waals surface area contributed by atoms with E-state index < -0.39 is 5.41 Å². The highest BCUT2D eigenvalue weighted by Gasteiger charge is 2.49. The van der Waals surface area contributed by atoms with Crippen molar-refractivity contribution in [2.24, 2.45) is 11.8 Å². The molecule has 2 heterocycles. The third-order valence-electron chi connectivity index (χ3n) is 7.94. The first-order valence-corrected chi connectivity index (χ1v) is 12.1. The molecule has 2 aliphatic carbocycles. The summed E-state index contributed by atoms with van der Waals surface area (Å²) >= 11 is 0. The number of halogens is 1. The van der Waals surface area contributed by atoms with Crippen molar-refractivity contribution in [2.45, 2.75) is 39.0 Å². The van der Waals surface area contributed by atoms with E-state index in [2.05, 4.69) is 4.85 Å². The molecule has 0 N–H and O–H groups in total. The number of aromatic nitrogens is 2. The van der Waals surface area contributed by atoms with Crippen molar-refractivity contribution in [3.63, 3.8) is 0 Å². The minimum atomic E-state index is -0.639. The van der Waals surface area contributed by atoms with Crippen LogP contribution in [0.4, 0.5) is 10.3 Å². The fraction of sp³-hybridized carbons (Fsp3) is 0.444. The summed E-state index contributed by atoms with van der Waals surface area (Å²) in [7, 11) is 0. The normalized spacial score (nSPS) is 41.7. The first kappa shape index (κ1) is 2.66. The second-order valence-electron chi connectivity index (χ2n) is 9.89. The van der Waals surface area contributed by atoms with Crippen LogP contribution in [0.1, 0.15) is 245 Å². The summed E-state index contributed by atoms with van der Waals surface area (Å²) in [6.07, 6.45) is 3.15. The fourth-order valence-corrected chi connectivity index (χ4v) is 5.97. The van der Waals surface area contributed by atoms with Gasteiger partial charge in [0.15, 0.2) is 5.78 Å². The molecule has 35 heavy (non-hydrogen) atoms. The van der Waals surface area contributed by atoms with Gasteiger partial charge < -0.3 is 14.6 Å². The van der Waals surface area contributed by atoms with Gasteiger partial charge in [0.1, 0.15) is 5.82 Å². The molecule has 1 fully saturated rings. The number of Topliss-reactive ketones (excluding diaryl/α,β-unsaturated/α-hetero) is 1. The number of allylic oxidation sites excluding steroid dienone is 2. The Bertz CT molecular complexity index is 1420. The van der Waals surface area contributed by atoms with Crippen LogP contribution < -0.4 is 4.90 Å². The summed E-state index contributed by atoms with van der Waals surface area (Å²) in [5, 5.41) is 0. The van der Waals surface area contributed by atoms with Gasteiger partial charge in [0.2, 0.25) is 17.6 Å². The fourth-order valence-electron chi connectivity index (χ4n) is 5.97. The Kier molecular flexibility index (Phi) is 0.651. The second-order valence-corrected chi connectivity index (χ2v) is 9.89. The summed E-state index contributed by atoms with van der Waals surface area (Å²) in [4.78, 5) is 41.9. The summed E-state index contributed by atoms with van der Waals surface area (Å²) in [6, 6.07) is 6.62. The number of benzene rings is 1. The predicted octanol–water partition coefficient (Wildman–Crippen LogP) is 21.0. The molecule has 0 saturated carbocycles. The van der Waals surface area contributed by atoms with Gasteiger partial charge in [0.05, 0.1) is 18.0 Å². The number of amides is 1. The number of piperazine rings is 1. The Hall–Kier alpha value is -3.60. The Morgan fingerprint density at radius 1 is 1.26 bits per heavy atom. The molecular weight excluding hydrogens is 445 g/mol. The molecule has 1 saturated heterocycles. The van der Waals surface area contributed by atoms with E-state index in [9.17, 15) is 9.59 Å². The number of anilines is 1. The number of hydrogen-bond acceptors (Lipinski definition) is 5. The molecule has 1 aliphatic heterocycles. The number of carbonyl (C=O) groups excluding carboxylic acids is 2. The summed E-state index contributed by atoms with van der Waals surface area (Å²) in [6.45, 7) is 15.4. The maximum absolute atomic E-state index is 15.0. The smallest absolute Gasteiger partial charge is 0.226 e. The van der Waals surface area contributed by atoms with Crippen molar-refractivity contribution >= 4 is 17.6 Å². The third kappa shape index (κ3) is 3.70. The van der Waals surface area contributed by atoms with Crippen LogP contribution in [0.3, 0.4) is 0 Å². The van der Waals surface area contributed by atoms with E-state index in [4.69, 9.17) is 221 Å². The van der Waals surface area contributed by atoms with Crippen molar-refractivity contribution < 1.29 is 220 Å². The van der Waals surface area contributed by atoms with Crippen molar-refractivity contribution in [1.82, 2.24) is 14.9 Å². The van der Waals surface area contributed by atoms with Crippen LogP contribution in [0.2, 0.25) is 0 Å². The number of carbonyl (C=O) groups is 2. The van der Waals surface area contributed by atoms with Gasteiger partial charge in [-0.15, -0.1) is 0 Å². The van der Waals surface area contributed by atoms with Crippen molar-refractivity contribution in [1.29, 1.82) is 0 Å². The highest BCUT2D eigenvalue weighted by Crippen LogP contribution is 2.51. The second kappa shape index (κ2) is 8.56. The Morgan fingerprint density at radius 2 is 1.97 bits per heavy atom. The zero-order chi connectivity index (χ0) is 163. The van der Waals surface area contributed by atoms with E-state index in [0.29, 0.717) is 49.8 Å². The molecule has 0 bridgehead atoms. The topological polar surface area (TPSA) is 70.8 Å². The van der Waals surface area contributed by atoms with E-state index in [1.165, 1.54) is 6.07 Å². The van der Waals surface area contributed by atoms with Crippen LogP contribution in [0, 0.1) is 24.2 Å². The lowest BCUT2D eigenvalue weighted by molar-refractivity contribution is -0.129. The number of fused-ring (bicyclic) bond motifs is 3. The van der Waals surface area contributed by atoms with Gasteiger partial charge in [-0.25, -0.2) is 19.2 Å². The number of hydrogen-bond donors (Lipinski definition) is 0. The van der Waals surface area contributed by atoms with Crippen LogP contribution in [-0.4, -0.2) is 52.7 Å². The van der Waals surface area contributed by atoms with Crippen LogP contribution in [0.25, 0.3) is 16.1 Å². The quantitative estimate of drug-likeness (QED) is 0.281. The Morgan fingerprint density at radius 3 is 2.63 bits per heavy atom. The zero-order valence-electron chi connectivity index (χ0n) is 158. The molecule has 320 valence electrons. The molecule has 1 aromatic carbocycles. The van der Waals surface area contributed by atoms with Gasteiger partial charge in [0, 0.05) is 262 Å². The van der Waals surface area contributed by atoms with Gasteiger partial charge in [-0.2, -0.15) is 0 Å². The summed E-state index contributed by atoms with van der Waals surface area (Å²) in [5.41, 5.74) is 2.14. The van der Waals surface area contributed by atoms with Gasteiger partial charge in [0.25, 0.3) is 0 Å². The van der Waals surface area contributed by atoms with Gasteiger partial charge in [-0.1, -0.05) is 32.1 Å². The van der Waals surface area contributed by atoms with E-state index in [1.807, 2.05) is 18.7 Å². The van der Waals surface area contributed by atoms with Crippen molar-refractivity contribution in [2.75, 3.05) is 31.1 Å². The number of ketones is 1. The molecule has 3 aliphatic rings. The minimum Gasteiger partial charge on any atom is -0.339 e. The van der Waals surface area contributed by atoms with Crippen molar-refractivity contribution in [3.05, 3.63) is 64.5 Å². The van der Waals surface area contributed by atoms with E-state index in [0.717, 1.165) is 17.7 Å². The molecule has 0 spiro atoms. The molecule has 1 amide bonds. The van der Waals surface area contributed by atoms with Crippen LogP contribution >= 0.6 is 0 Å². The van der Waals surface area contributed by atoms with Gasteiger partial charge in [-0.05, 0) is 30.9 Å². The van der Waals surface area contributed by atoms with Crippen LogP contribution in [0.15, 0.2) is 36.0 Å². The third-order valence-corrected chi connectivity index (χ3v) is 7.94. The molecule has 0 radical (unpaired) electrons. The highest BCUT2D eigenvalue weighted by molar-refractivity contribution is 6.00. The average molecular weight is 894 g/mol. The largest absolute Gasteiger partial charge is 0.339 e. The van der Waals surface area contributed by atoms with E-state index in [1.54, 1.807) is 36.1 Å². The summed E-state index contributed by atoms with van der Waals surface area (Å²) in [5.74, 6) is -0.228. The lowest BCUT2D eigenvalue weighted by Gasteiger charge is -2.46. The predicted molar refractivity (Wildman–Crippen MR) is 278 cm³/mol. The first-order chi connectivity index (χ1) is 85.7. The van der Waals surface area contributed by atoms with Crippen molar-refractivity contribution in [3.8, 4) is 11.3 Å². The number of rotatable bonds is 2. The molecule has 7 nitrogen and oxygen atoms in total. The standard InChI is InChI=1S/C27H28FN5O2.70H2/c1-16-20-10-9-19-23(18-7-5-6-8-21(18)28)30-26(33-13-11-32(12-14-33)17(2)34)31-25(19)27(20,3)15-22(29-4)24(16)35;;;;;;;;;;;;;;;;;;;;;;;;;;;;;;;;;;;;;;;;;;;;;;;;;;;;;;;;;;;;;;;;;;;;;;/h5-8,15-16,20H,9-14H2,1-3H3;70*1H/t16-,20-,27-;;;;;;;;;;;;;;;;;;;;;;;;;;;;;;;;;;;;;;;;;;;;;;;;;;;;;;;;;;;;;;;;;;;;;;/m1....................................................................../s1/i;69*1+2T;1+2. The maximum Gasteiger partial charge on any atom is 0.226 e. The molecule has 2 aromatic rings. The highest BCUT2D eigenvalue weighted by atomic mass is 19.1. The average Bonchev–Trinajstić information content (AvgIpc) is 0.718. The molecule has 3 atom stereocenters. The van der Waals surface area contributed by atoms with E-state index in [-0.39, 0.29) is 36.5 Å². The number of nitrogens with zero attached hydrogens (tertiary/aromatic N) is 5.